The molecule has 0 saturated heterocycles. The predicted octanol–water partition coefficient (Wildman–Crippen LogP) is 4.78. The van der Waals surface area contributed by atoms with Crippen molar-refractivity contribution < 1.29 is 5.11 Å². The molecule has 4 aliphatic rings. The van der Waals surface area contributed by atoms with Gasteiger partial charge in [0.05, 0.1) is 0 Å². The van der Waals surface area contributed by atoms with Crippen LogP contribution in [0.15, 0.2) is 0 Å². The van der Waals surface area contributed by atoms with Gasteiger partial charge in [-0.2, -0.15) is 0 Å². The molecule has 7 atom stereocenters. The van der Waals surface area contributed by atoms with Crippen LogP contribution in [-0.2, 0) is 0 Å². The summed E-state index contributed by atoms with van der Waals surface area (Å²) in [6, 6.07) is 0. The first kappa shape index (κ1) is 15.1. The van der Waals surface area contributed by atoms with Crippen LogP contribution in [-0.4, -0.2) is 10.7 Å². The molecule has 0 unspecified atom stereocenters. The van der Waals surface area contributed by atoms with E-state index < -0.39 is 5.60 Å². The lowest BCUT2D eigenvalue weighted by molar-refractivity contribution is -0.134. The number of fused-ring (bicyclic) bond motifs is 5. The van der Waals surface area contributed by atoms with Gasteiger partial charge in [-0.15, -0.1) is 6.42 Å². The number of hydrogen-bond acceptors (Lipinski definition) is 1. The van der Waals surface area contributed by atoms with Crippen LogP contribution in [0.2, 0.25) is 0 Å². The minimum atomic E-state index is -0.840. The van der Waals surface area contributed by atoms with Crippen LogP contribution < -0.4 is 0 Å². The highest BCUT2D eigenvalue weighted by Crippen LogP contribution is 2.68. The summed E-state index contributed by atoms with van der Waals surface area (Å²) in [5, 5.41) is 11.0. The van der Waals surface area contributed by atoms with E-state index in [1.807, 2.05) is 0 Å². The maximum Gasteiger partial charge on any atom is 0.130 e. The highest BCUT2D eigenvalue weighted by molar-refractivity contribution is 5.23. The third-order valence-corrected chi connectivity index (χ3v) is 8.97. The van der Waals surface area contributed by atoms with E-state index in [9.17, 15) is 5.11 Å². The molecule has 0 aromatic carbocycles. The second kappa shape index (κ2) is 4.76. The van der Waals surface area contributed by atoms with E-state index in [1.165, 1.54) is 44.9 Å². The predicted molar refractivity (Wildman–Crippen MR) is 90.1 cm³/mol. The van der Waals surface area contributed by atoms with Crippen molar-refractivity contribution in [2.75, 3.05) is 0 Å². The molecule has 0 aliphatic heterocycles. The molecule has 0 aromatic heterocycles. The van der Waals surface area contributed by atoms with Crippen molar-refractivity contribution in [3.8, 4) is 12.3 Å². The summed E-state index contributed by atoms with van der Waals surface area (Å²) in [6.07, 6.45) is 18.8. The fourth-order valence-corrected chi connectivity index (χ4v) is 7.55. The van der Waals surface area contributed by atoms with Gasteiger partial charge in [-0.1, -0.05) is 32.6 Å². The van der Waals surface area contributed by atoms with Crippen molar-refractivity contribution >= 4 is 0 Å². The Morgan fingerprint density at radius 2 is 1.68 bits per heavy atom. The monoisotopic (exact) mass is 300 g/mol. The van der Waals surface area contributed by atoms with Gasteiger partial charge in [-0.3, -0.25) is 0 Å². The smallest absolute Gasteiger partial charge is 0.130 e. The number of rotatable bonds is 0. The summed E-state index contributed by atoms with van der Waals surface area (Å²) < 4.78 is 0. The summed E-state index contributed by atoms with van der Waals surface area (Å²) in [7, 11) is 0. The molecule has 0 aromatic rings. The van der Waals surface area contributed by atoms with E-state index in [4.69, 9.17) is 6.42 Å². The van der Waals surface area contributed by atoms with E-state index in [0.29, 0.717) is 11.3 Å². The highest BCUT2D eigenvalue weighted by atomic mass is 16.3. The number of aliphatic hydroxyl groups is 1. The largest absolute Gasteiger partial charge is 0.377 e. The van der Waals surface area contributed by atoms with Crippen LogP contribution in [0, 0.1) is 46.8 Å². The van der Waals surface area contributed by atoms with Crippen molar-refractivity contribution in [1.29, 1.82) is 0 Å². The first-order valence-corrected chi connectivity index (χ1v) is 9.65. The van der Waals surface area contributed by atoms with E-state index in [0.717, 1.165) is 37.0 Å². The summed E-state index contributed by atoms with van der Waals surface area (Å²) in [5.41, 5.74) is -0.285. The van der Waals surface area contributed by atoms with Gasteiger partial charge in [-0.25, -0.2) is 0 Å². The molecule has 0 spiro atoms. The standard InChI is InChI=1S/C21H32O/c1-4-21(22)14-11-18-16-9-8-15-7-5-6-12-19(15,2)17(16)10-13-20(18,21)3/h1,15-18,22H,5-14H2,2-3H3/t15-,16-,17+,18-,19-,20-,21-/m1/s1. The first-order valence-electron chi connectivity index (χ1n) is 9.65. The Kier molecular flexibility index (Phi) is 3.26. The molecule has 22 heavy (non-hydrogen) atoms. The fourth-order valence-electron chi connectivity index (χ4n) is 7.55. The fraction of sp³-hybridized carbons (Fsp3) is 0.905. The van der Waals surface area contributed by atoms with Gasteiger partial charge in [-0.05, 0) is 80.5 Å². The van der Waals surface area contributed by atoms with Gasteiger partial charge < -0.3 is 5.11 Å². The van der Waals surface area contributed by atoms with Crippen LogP contribution in [0.1, 0.15) is 78.1 Å². The Morgan fingerprint density at radius 3 is 2.45 bits per heavy atom. The van der Waals surface area contributed by atoms with Crippen LogP contribution in [0.5, 0.6) is 0 Å². The molecule has 4 rings (SSSR count). The summed E-state index contributed by atoms with van der Waals surface area (Å²) >= 11 is 0. The van der Waals surface area contributed by atoms with Gasteiger partial charge in [0.1, 0.15) is 5.60 Å². The normalized spacial score (nSPS) is 57.4. The van der Waals surface area contributed by atoms with Crippen molar-refractivity contribution in [2.45, 2.75) is 83.7 Å². The average molecular weight is 300 g/mol. The van der Waals surface area contributed by atoms with Gasteiger partial charge in [0.2, 0.25) is 0 Å². The lowest BCUT2D eigenvalue weighted by atomic mass is 9.44. The van der Waals surface area contributed by atoms with Crippen LogP contribution in [0.4, 0.5) is 0 Å². The maximum absolute atomic E-state index is 11.0. The highest BCUT2D eigenvalue weighted by Gasteiger charge is 2.63. The molecule has 4 fully saturated rings. The van der Waals surface area contributed by atoms with Crippen LogP contribution >= 0.6 is 0 Å². The second-order valence-electron chi connectivity index (χ2n) is 9.40. The Labute approximate surface area is 136 Å². The van der Waals surface area contributed by atoms with Gasteiger partial charge >= 0.3 is 0 Å². The SMILES string of the molecule is C#C[C@@]1(O)CC[C@@H]2[C@@H]3CC[C@H]4CCCC[C@@]4(C)[C@H]3CC[C@]21C. The molecule has 0 radical (unpaired) electrons. The number of terminal acetylenes is 1. The van der Waals surface area contributed by atoms with E-state index in [-0.39, 0.29) is 5.41 Å². The Balaban J connectivity index is 1.67. The molecular weight excluding hydrogens is 268 g/mol. The lowest BCUT2D eigenvalue weighted by Crippen LogP contribution is -2.55. The minimum Gasteiger partial charge on any atom is -0.377 e. The third kappa shape index (κ3) is 1.71. The molecule has 122 valence electrons. The molecule has 4 aliphatic carbocycles. The Hall–Kier alpha value is -0.480. The summed E-state index contributed by atoms with van der Waals surface area (Å²) in [6.45, 7) is 4.91. The zero-order chi connectivity index (χ0) is 15.6. The molecule has 1 nitrogen and oxygen atoms in total. The molecule has 4 saturated carbocycles. The van der Waals surface area contributed by atoms with Crippen molar-refractivity contribution in [1.82, 2.24) is 0 Å². The zero-order valence-corrected chi connectivity index (χ0v) is 14.4. The van der Waals surface area contributed by atoms with Crippen molar-refractivity contribution in [3.05, 3.63) is 0 Å². The van der Waals surface area contributed by atoms with Crippen LogP contribution in [0.25, 0.3) is 0 Å². The average Bonchev–Trinajstić information content (AvgIpc) is 2.79. The summed E-state index contributed by atoms with van der Waals surface area (Å²) in [4.78, 5) is 0. The third-order valence-electron chi connectivity index (χ3n) is 8.97. The van der Waals surface area contributed by atoms with E-state index >= 15 is 0 Å². The maximum atomic E-state index is 11.0. The second-order valence-corrected chi connectivity index (χ2v) is 9.40. The molecule has 0 bridgehead atoms. The Bertz CT molecular complexity index is 505. The van der Waals surface area contributed by atoms with Crippen molar-refractivity contribution in [2.24, 2.45) is 34.5 Å². The first-order chi connectivity index (χ1) is 10.4. The van der Waals surface area contributed by atoms with Crippen molar-refractivity contribution in [3.63, 3.8) is 0 Å². The lowest BCUT2D eigenvalue weighted by Gasteiger charge is -2.60. The molecule has 1 N–H and O–H groups in total. The number of hydrogen-bond donors (Lipinski definition) is 1. The Morgan fingerprint density at radius 1 is 0.909 bits per heavy atom. The van der Waals surface area contributed by atoms with Gasteiger partial charge in [0.15, 0.2) is 0 Å². The quantitative estimate of drug-likeness (QED) is 0.638. The summed E-state index contributed by atoms with van der Waals surface area (Å²) in [5.74, 6) is 6.14. The molecule has 0 amide bonds. The molecular formula is C21H32O. The molecule has 0 heterocycles. The zero-order valence-electron chi connectivity index (χ0n) is 14.4. The van der Waals surface area contributed by atoms with E-state index in [2.05, 4.69) is 19.8 Å². The van der Waals surface area contributed by atoms with Gasteiger partial charge in [0, 0.05) is 5.41 Å². The molecule has 1 heteroatoms. The topological polar surface area (TPSA) is 20.2 Å². The van der Waals surface area contributed by atoms with E-state index in [1.54, 1.807) is 0 Å². The minimum absolute atomic E-state index is 0.0270. The van der Waals surface area contributed by atoms with Gasteiger partial charge in [0.25, 0.3) is 0 Å². The van der Waals surface area contributed by atoms with Crippen LogP contribution in [0.3, 0.4) is 0 Å².